The smallest absolute Gasteiger partial charge is 0.221 e. The number of thiophene rings is 2. The van der Waals surface area contributed by atoms with Crippen LogP contribution in [0.25, 0.3) is 168 Å². The van der Waals surface area contributed by atoms with Crippen LogP contribution in [-0.4, -0.2) is 53.8 Å². The van der Waals surface area contributed by atoms with Gasteiger partial charge in [-0.3, -0.25) is 22.7 Å². The molecule has 0 amide bonds. The lowest BCUT2D eigenvalue weighted by atomic mass is 10.0. The summed E-state index contributed by atoms with van der Waals surface area (Å²) in [6.45, 7) is 0. The van der Waals surface area contributed by atoms with Crippen molar-refractivity contribution in [3.63, 3.8) is 0 Å². The summed E-state index contributed by atoms with van der Waals surface area (Å²) in [6.07, 6.45) is 0. The van der Waals surface area contributed by atoms with Gasteiger partial charge in [-0.05, 0) is 162 Å². The Morgan fingerprint density at radius 3 is 1.10 bits per heavy atom. The molecule has 25 aromatic rings. The number of pyridine rings is 2. The van der Waals surface area contributed by atoms with Crippen molar-refractivity contribution in [1.29, 1.82) is 0 Å². The first-order chi connectivity index (χ1) is 59.0. The molecule has 12 heteroatoms. The van der Waals surface area contributed by atoms with Gasteiger partial charge in [0.1, 0.15) is 23.3 Å². The Labute approximate surface area is 693 Å². The van der Waals surface area contributed by atoms with Crippen LogP contribution in [0.2, 0.25) is 0 Å². The molecule has 25 rings (SSSR count). The Bertz CT molecular complexity index is 8280. The van der Waals surface area contributed by atoms with E-state index >= 15 is 0 Å². The fourth-order valence-electron chi connectivity index (χ4n) is 20.2. The quantitative estimate of drug-likeness (QED) is 0.0854. The van der Waals surface area contributed by atoms with E-state index in [4.69, 9.17) is 15.0 Å². The molecule has 0 N–H and O–H groups in total. The van der Waals surface area contributed by atoms with Crippen LogP contribution in [0.3, 0.4) is 0 Å². The number of para-hydroxylation sites is 7. The van der Waals surface area contributed by atoms with E-state index < -0.39 is 16.1 Å². The molecule has 0 unspecified atom stereocenters. The van der Waals surface area contributed by atoms with E-state index in [1.165, 1.54) is 103 Å². The molecule has 0 spiro atoms. The molecule has 556 valence electrons. The van der Waals surface area contributed by atoms with Crippen LogP contribution in [0.15, 0.2) is 413 Å². The summed E-state index contributed by atoms with van der Waals surface area (Å²) in [4.78, 5) is 17.8. The minimum Gasteiger partial charge on any atom is -0.294 e. The minimum atomic E-state index is -3.40. The summed E-state index contributed by atoms with van der Waals surface area (Å²) in [5.41, 5.74) is 12.6. The SMILES string of the molecule is c1ccc([Si](c2ccccc2)(c2cc(-n3c4ccccc4c4ccccc43)nc(-n3c4ccccc4c4cc(-c5ccc6nc7n(-c8cc([Si](c9ccccc9)(c9ccccc9)c9cccc%10c9sc9ccccc9%10)cc(-n9c%10ccccc%10c%10ccccc%109)n8)c8ccccc8n7c6c5)ccc43)c2)c2ccc3sc4ccccc4c3c2)cc1. The van der Waals surface area contributed by atoms with Crippen molar-refractivity contribution in [3.05, 3.63) is 413 Å². The van der Waals surface area contributed by atoms with Crippen LogP contribution in [0, 0.1) is 0 Å². The van der Waals surface area contributed by atoms with Gasteiger partial charge in [-0.1, -0.05) is 303 Å². The van der Waals surface area contributed by atoms with Crippen LogP contribution in [0.1, 0.15) is 0 Å². The van der Waals surface area contributed by atoms with Gasteiger partial charge in [0.15, 0.2) is 16.1 Å². The highest BCUT2D eigenvalue weighted by atomic mass is 32.1. The molecule has 0 atom stereocenters. The Morgan fingerprint density at radius 2 is 0.580 bits per heavy atom. The highest BCUT2D eigenvalue weighted by Gasteiger charge is 2.46. The standard InChI is InChI=1S/C107H68N8S2Si2/c1-5-30-71(31-6-1)118(72-32-7-2-8-33-72,75-58-61-100-87(64-75)84-44-19-27-53-98(84)116-100)76-65-102(111-89-46-20-13-38-78(89)79-39-14-21-47-90(79)111)109-103(66-76)113-93-50-24-17-42-82(93)86-62-69(57-60-94(86)113)70-56-59-88-97(63-70)114-95-51-25-26-52-96(95)115(107(114)108-88)105-68-77(67-104(110-105)112-91-48-22-15-40-80(91)81-41-16-23-49-92(81)112)119(73-34-9-3-10-35-73,74-36-11-4-12-37-74)101-55-29-45-85-83-43-18-28-54-99(83)117-106(85)101/h1-68H. The van der Waals surface area contributed by atoms with Crippen LogP contribution in [-0.2, 0) is 0 Å². The number of hydrogen-bond donors (Lipinski definition) is 0. The van der Waals surface area contributed by atoms with Gasteiger partial charge < -0.3 is 0 Å². The Kier molecular flexibility index (Phi) is 15.0. The lowest BCUT2D eigenvalue weighted by Crippen LogP contribution is -2.75. The topological polar surface area (TPSA) is 62.8 Å². The fraction of sp³-hybridized carbons (Fsp3) is 0. The fourth-order valence-corrected chi connectivity index (χ4v) is 32.6. The average Bonchev–Trinajstić information content (AvgIpc) is 1.65. The summed E-state index contributed by atoms with van der Waals surface area (Å²) < 4.78 is 17.1. The van der Waals surface area contributed by atoms with Gasteiger partial charge in [0.05, 0.1) is 55.2 Å². The number of benzene rings is 16. The van der Waals surface area contributed by atoms with E-state index in [-0.39, 0.29) is 0 Å². The zero-order valence-corrected chi connectivity index (χ0v) is 67.8. The van der Waals surface area contributed by atoms with Crippen molar-refractivity contribution < 1.29 is 0 Å². The highest BCUT2D eigenvalue weighted by Crippen LogP contribution is 2.42. The minimum absolute atomic E-state index is 0.773. The van der Waals surface area contributed by atoms with Gasteiger partial charge in [0, 0.05) is 72.7 Å². The van der Waals surface area contributed by atoms with E-state index in [1.807, 2.05) is 22.7 Å². The van der Waals surface area contributed by atoms with E-state index in [9.17, 15) is 0 Å². The first kappa shape index (κ1) is 67.7. The first-order valence-corrected chi connectivity index (χ1v) is 46.2. The summed E-state index contributed by atoms with van der Waals surface area (Å²) in [7, 11) is -6.73. The second-order valence-corrected chi connectivity index (χ2v) is 41.0. The van der Waals surface area contributed by atoms with Crippen molar-refractivity contribution >= 4 is 214 Å². The number of aromatic nitrogens is 8. The third kappa shape index (κ3) is 9.97. The predicted molar refractivity (Wildman–Crippen MR) is 507 cm³/mol. The van der Waals surface area contributed by atoms with Gasteiger partial charge in [-0.2, -0.15) is 0 Å². The van der Waals surface area contributed by atoms with Crippen LogP contribution >= 0.6 is 22.7 Å². The van der Waals surface area contributed by atoms with Crippen molar-refractivity contribution in [2.75, 3.05) is 0 Å². The van der Waals surface area contributed by atoms with Gasteiger partial charge >= 0.3 is 0 Å². The third-order valence-electron chi connectivity index (χ3n) is 25.2. The summed E-state index contributed by atoms with van der Waals surface area (Å²) in [5.74, 6) is 4.07. The Hall–Kier alpha value is -14.6. The maximum absolute atomic E-state index is 6.04. The molecule has 0 bridgehead atoms. The van der Waals surface area contributed by atoms with Crippen LogP contribution < -0.4 is 41.5 Å². The molecule has 8 nitrogen and oxygen atoms in total. The molecule has 0 saturated heterocycles. The molecule has 0 aliphatic rings. The molecule has 0 aliphatic carbocycles. The lowest BCUT2D eigenvalue weighted by Gasteiger charge is -2.35. The zero-order chi connectivity index (χ0) is 78.0. The van der Waals surface area contributed by atoms with Crippen LogP contribution in [0.4, 0.5) is 0 Å². The molecule has 0 fully saturated rings. The van der Waals surface area contributed by atoms with Gasteiger partial charge in [-0.25, -0.2) is 15.0 Å². The number of fused-ring (bicyclic) bond motifs is 20. The maximum atomic E-state index is 6.04. The Balaban J connectivity index is 0.710. The number of imidazole rings is 2. The number of hydrogen-bond acceptors (Lipinski definition) is 5. The molecule has 9 heterocycles. The number of nitrogens with zero attached hydrogens (tertiary/aromatic N) is 8. The zero-order valence-electron chi connectivity index (χ0n) is 64.2. The summed E-state index contributed by atoms with van der Waals surface area (Å²) in [6, 6.07) is 154. The van der Waals surface area contributed by atoms with E-state index in [0.29, 0.717) is 0 Å². The lowest BCUT2D eigenvalue weighted by molar-refractivity contribution is 0.999. The predicted octanol–water partition coefficient (Wildman–Crippen LogP) is 21.7. The van der Waals surface area contributed by atoms with Crippen LogP contribution in [0.5, 0.6) is 0 Å². The van der Waals surface area contributed by atoms with Crippen molar-refractivity contribution in [2.45, 2.75) is 0 Å². The molecule has 0 saturated carbocycles. The second-order valence-electron chi connectivity index (χ2n) is 31.3. The van der Waals surface area contributed by atoms with Gasteiger partial charge in [0.2, 0.25) is 5.78 Å². The van der Waals surface area contributed by atoms with E-state index in [2.05, 4.69) is 435 Å². The third-order valence-corrected chi connectivity index (χ3v) is 37.3. The Morgan fingerprint density at radius 1 is 0.202 bits per heavy atom. The largest absolute Gasteiger partial charge is 0.294 e. The van der Waals surface area contributed by atoms with E-state index in [1.54, 1.807) is 0 Å². The molecule has 9 aromatic heterocycles. The maximum Gasteiger partial charge on any atom is 0.221 e. The van der Waals surface area contributed by atoms with Crippen molar-refractivity contribution in [3.8, 4) is 34.4 Å². The molecular weight excluding hydrogens is 1520 g/mol. The van der Waals surface area contributed by atoms with Crippen molar-refractivity contribution in [1.82, 2.24) is 37.6 Å². The van der Waals surface area contributed by atoms with Crippen molar-refractivity contribution in [2.24, 2.45) is 0 Å². The molecule has 16 aromatic carbocycles. The van der Waals surface area contributed by atoms with Gasteiger partial charge in [0.25, 0.3) is 0 Å². The normalized spacial score (nSPS) is 12.4. The monoisotopic (exact) mass is 1580 g/mol. The summed E-state index contributed by atoms with van der Waals surface area (Å²) in [5, 5.41) is 22.3. The highest BCUT2D eigenvalue weighted by molar-refractivity contribution is 7.31. The van der Waals surface area contributed by atoms with Gasteiger partial charge in [-0.15, -0.1) is 22.7 Å². The second kappa shape index (κ2) is 26.4. The van der Waals surface area contributed by atoms with E-state index in [0.717, 1.165) is 106 Å². The average molecular weight is 1590 g/mol. The first-order valence-electron chi connectivity index (χ1n) is 40.5. The molecule has 119 heavy (non-hydrogen) atoms. The molecule has 0 radical (unpaired) electrons. The number of rotatable bonds is 13. The molecule has 0 aliphatic heterocycles. The molecular formula is C107H68N8S2Si2. The summed E-state index contributed by atoms with van der Waals surface area (Å²) >= 11 is 3.77.